The number of hydrogen-bond donors (Lipinski definition) is 3. The maximum Gasteiger partial charge on any atom is 0.428 e. The third-order valence-corrected chi connectivity index (χ3v) is 5.97. The number of aliphatic hydroxyl groups excluding tert-OH is 1. The van der Waals surface area contributed by atoms with Crippen LogP contribution in [0.3, 0.4) is 0 Å². The summed E-state index contributed by atoms with van der Waals surface area (Å²) in [5, 5.41) is 14.6. The van der Waals surface area contributed by atoms with Gasteiger partial charge in [-0.05, 0) is 50.6 Å². The lowest BCUT2D eigenvalue weighted by Gasteiger charge is -2.18. The van der Waals surface area contributed by atoms with Gasteiger partial charge in [0.15, 0.2) is 0 Å². The number of carbonyl (C=O) groups is 1. The van der Waals surface area contributed by atoms with E-state index in [2.05, 4.69) is 10.5 Å². The zero-order chi connectivity index (χ0) is 25.4. The molecule has 1 heterocycles. The molecule has 4 rings (SSSR count). The van der Waals surface area contributed by atoms with E-state index < -0.39 is 21.8 Å². The van der Waals surface area contributed by atoms with E-state index in [1.807, 2.05) is 0 Å². The fraction of sp³-hybridized carbons (Fsp3) is 0.200. The van der Waals surface area contributed by atoms with Crippen molar-refractivity contribution in [2.45, 2.75) is 37.9 Å². The van der Waals surface area contributed by atoms with Gasteiger partial charge in [0.2, 0.25) is 0 Å². The Hall–Kier alpha value is -3.73. The monoisotopic (exact) mass is 496 g/mol. The number of nitrogens with zero attached hydrogens (tertiary/aromatic N) is 1. The minimum absolute atomic E-state index is 0.213. The molecule has 0 unspecified atom stereocenters. The lowest BCUT2D eigenvalue weighted by Crippen LogP contribution is -2.30. The number of benzene rings is 3. The Balaban J connectivity index is 1.96. The molecule has 0 fully saturated rings. The largest absolute Gasteiger partial charge is 0.456 e. The number of fused-ring (bicyclic) bond motifs is 2. The average Bonchev–Trinajstić information content (AvgIpc) is 2.79. The van der Waals surface area contributed by atoms with Crippen LogP contribution in [0.15, 0.2) is 75.1 Å². The smallest absolute Gasteiger partial charge is 0.428 e. The number of ether oxygens (including phenoxy) is 1. The fourth-order valence-corrected chi connectivity index (χ4v) is 4.39. The number of rotatable bonds is 4. The molecule has 0 aromatic heterocycles. The van der Waals surface area contributed by atoms with Gasteiger partial charge in [0.05, 0.1) is 12.0 Å². The summed E-state index contributed by atoms with van der Waals surface area (Å²) in [7, 11) is -4.52. The molecule has 9 nitrogen and oxygen atoms in total. The highest BCUT2D eigenvalue weighted by Gasteiger charge is 2.23. The minimum Gasteiger partial charge on any atom is -0.456 e. The number of hydrogen-bond acceptors (Lipinski definition) is 7. The Morgan fingerprint density at radius 1 is 1.06 bits per heavy atom. The van der Waals surface area contributed by atoms with Crippen molar-refractivity contribution in [2.24, 2.45) is 5.10 Å². The second-order valence-corrected chi connectivity index (χ2v) is 10.2. The first-order valence-corrected chi connectivity index (χ1v) is 12.1. The van der Waals surface area contributed by atoms with E-state index in [1.54, 1.807) is 69.3 Å². The molecule has 10 heteroatoms. The summed E-state index contributed by atoms with van der Waals surface area (Å²) < 4.78 is 45.4. The summed E-state index contributed by atoms with van der Waals surface area (Å²) in [6.07, 6.45) is -0.719. The van der Waals surface area contributed by atoms with Gasteiger partial charge in [-0.15, -0.1) is 0 Å². The Labute approximate surface area is 201 Å². The maximum absolute atomic E-state index is 12.1. The molecule has 0 atom stereocenters. The van der Waals surface area contributed by atoms with Crippen LogP contribution in [0.25, 0.3) is 33.4 Å². The van der Waals surface area contributed by atoms with E-state index in [0.29, 0.717) is 38.8 Å². The van der Waals surface area contributed by atoms with Crippen molar-refractivity contribution in [1.82, 2.24) is 5.43 Å². The van der Waals surface area contributed by atoms with E-state index in [9.17, 15) is 22.9 Å². The fourth-order valence-electron chi connectivity index (χ4n) is 3.69. The van der Waals surface area contributed by atoms with Crippen LogP contribution in [0, 0.1) is 0 Å². The molecule has 1 amide bonds. The quantitative estimate of drug-likeness (QED) is 0.218. The second kappa shape index (κ2) is 9.14. The van der Waals surface area contributed by atoms with Crippen LogP contribution in [0.4, 0.5) is 4.79 Å². The summed E-state index contributed by atoms with van der Waals surface area (Å²) in [5.41, 5.74) is 4.00. The topological polar surface area (TPSA) is 138 Å². The Morgan fingerprint density at radius 3 is 2.49 bits per heavy atom. The van der Waals surface area contributed by atoms with Gasteiger partial charge in [-0.25, -0.2) is 10.2 Å². The van der Waals surface area contributed by atoms with Crippen molar-refractivity contribution in [1.29, 1.82) is 0 Å². The summed E-state index contributed by atoms with van der Waals surface area (Å²) in [5.74, 6) is 0.347. The zero-order valence-corrected chi connectivity index (χ0v) is 20.1. The predicted octanol–water partition coefficient (Wildman–Crippen LogP) is 4.28. The first-order chi connectivity index (χ1) is 16.5. The molecule has 2 aromatic carbocycles. The molecule has 0 bridgehead atoms. The van der Waals surface area contributed by atoms with Crippen molar-refractivity contribution in [3.8, 4) is 22.5 Å². The molecule has 182 valence electrons. The summed E-state index contributed by atoms with van der Waals surface area (Å²) in [6.45, 7) is 4.99. The molecule has 2 aromatic rings. The summed E-state index contributed by atoms with van der Waals surface area (Å²) >= 11 is 0. The highest BCUT2D eigenvalue weighted by Crippen LogP contribution is 2.42. The molecule has 0 spiro atoms. The number of carbonyl (C=O) groups excluding carboxylic acids is 1. The molecule has 0 radical (unpaired) electrons. The first-order valence-electron chi connectivity index (χ1n) is 10.7. The predicted molar refractivity (Wildman–Crippen MR) is 129 cm³/mol. The van der Waals surface area contributed by atoms with Gasteiger partial charge in [0.1, 0.15) is 21.8 Å². The third-order valence-electron chi connectivity index (χ3n) is 5.06. The molecule has 0 saturated heterocycles. The van der Waals surface area contributed by atoms with Crippen LogP contribution < -0.4 is 10.8 Å². The van der Waals surface area contributed by atoms with Crippen LogP contribution >= 0.6 is 0 Å². The summed E-state index contributed by atoms with van der Waals surface area (Å²) in [4.78, 5) is 11.7. The van der Waals surface area contributed by atoms with Crippen LogP contribution in [-0.4, -0.2) is 29.8 Å². The van der Waals surface area contributed by atoms with Crippen LogP contribution in [0.2, 0.25) is 0 Å². The number of aliphatic hydroxyl groups is 1. The molecule has 2 aliphatic rings. The molecule has 35 heavy (non-hydrogen) atoms. The van der Waals surface area contributed by atoms with Crippen LogP contribution in [0.5, 0.6) is 0 Å². The Morgan fingerprint density at radius 2 is 1.80 bits per heavy atom. The van der Waals surface area contributed by atoms with Gasteiger partial charge in [0.25, 0.3) is 10.1 Å². The molecular weight excluding hydrogens is 472 g/mol. The second-order valence-electron chi connectivity index (χ2n) is 8.84. The third kappa shape index (κ3) is 5.35. The van der Waals surface area contributed by atoms with E-state index in [0.717, 1.165) is 0 Å². The van der Waals surface area contributed by atoms with Gasteiger partial charge in [-0.2, -0.15) is 13.5 Å². The van der Waals surface area contributed by atoms with E-state index in [1.165, 1.54) is 12.1 Å². The summed E-state index contributed by atoms with van der Waals surface area (Å²) in [6, 6.07) is 16.1. The van der Waals surface area contributed by atoms with Gasteiger partial charge in [-0.1, -0.05) is 30.3 Å². The van der Waals surface area contributed by atoms with Crippen LogP contribution in [0.1, 0.15) is 26.3 Å². The molecule has 1 aliphatic carbocycles. The highest BCUT2D eigenvalue weighted by molar-refractivity contribution is 7.86. The number of amides is 1. The Bertz CT molecular complexity index is 1570. The molecular formula is C25H24N2O7S. The molecule has 1 aliphatic heterocycles. The van der Waals surface area contributed by atoms with Gasteiger partial charge < -0.3 is 14.3 Å². The van der Waals surface area contributed by atoms with Gasteiger partial charge >= 0.3 is 6.09 Å². The van der Waals surface area contributed by atoms with Crippen molar-refractivity contribution in [2.75, 3.05) is 0 Å². The van der Waals surface area contributed by atoms with Crippen molar-refractivity contribution in [3.05, 3.63) is 71.6 Å². The maximum atomic E-state index is 12.1. The van der Waals surface area contributed by atoms with Gasteiger partial charge in [0, 0.05) is 28.1 Å². The minimum atomic E-state index is -4.52. The standard InChI is InChI=1S/C25H24N2O7S/c1-25(2,3)34-24(29)27-26-16-9-11-18-21(13-16)33-20-12-15(14-28)8-10-17(20)23(18)19-6-4-5-7-22(19)35(30,31)32/h4-13,28H,14H2,1-3H3,(H,27,29)(H,30,31,32)/b26-16-. The van der Waals surface area contributed by atoms with E-state index in [4.69, 9.17) is 9.15 Å². The Kier molecular flexibility index (Phi) is 6.37. The van der Waals surface area contributed by atoms with Crippen LogP contribution in [-0.2, 0) is 21.5 Å². The molecule has 0 saturated carbocycles. The lowest BCUT2D eigenvalue weighted by atomic mass is 9.93. The molecule has 3 N–H and O–H groups in total. The first kappa shape index (κ1) is 24.4. The van der Waals surface area contributed by atoms with E-state index in [-0.39, 0.29) is 17.1 Å². The normalized spacial score (nSPS) is 12.8. The van der Waals surface area contributed by atoms with Crippen molar-refractivity contribution < 1.29 is 32.0 Å². The number of nitrogens with one attached hydrogen (secondary N) is 1. The van der Waals surface area contributed by atoms with Crippen molar-refractivity contribution >= 4 is 27.2 Å². The van der Waals surface area contributed by atoms with E-state index >= 15 is 0 Å². The highest BCUT2D eigenvalue weighted by atomic mass is 32.2. The SMILES string of the molecule is CC(C)(C)OC(=O)N/N=c1/ccc2c(-c3ccccc3S(=O)(=O)O)c3ccc(CO)cc3oc-2c1. The zero-order valence-electron chi connectivity index (χ0n) is 19.3. The average molecular weight is 497 g/mol. The lowest BCUT2D eigenvalue weighted by molar-refractivity contribution is 0.0526. The van der Waals surface area contributed by atoms with Crippen molar-refractivity contribution in [3.63, 3.8) is 0 Å². The van der Waals surface area contributed by atoms with Gasteiger partial charge in [-0.3, -0.25) is 4.55 Å².